The molecule has 0 spiro atoms. The Balaban J connectivity index is 1.47. The molecule has 4 amide bonds. The Bertz CT molecular complexity index is 1040. The highest BCUT2D eigenvalue weighted by molar-refractivity contribution is 6.31. The average molecular weight is 412 g/mol. The maximum absolute atomic E-state index is 12.9. The third-order valence-electron chi connectivity index (χ3n) is 5.12. The lowest BCUT2D eigenvalue weighted by molar-refractivity contribution is 0.0718. The molecule has 29 heavy (non-hydrogen) atoms. The first-order valence-electron chi connectivity index (χ1n) is 9.28. The Morgan fingerprint density at radius 2 is 1.41 bits per heavy atom. The van der Waals surface area contributed by atoms with Crippen LogP contribution in [0, 0.1) is 0 Å². The standard InChI is InChI=1S/C21H18ClN3O4/c22-15-4-1-3-13(11-15)20(28)24-7-2-8-25(10-9-24)21(29)14-5-6-16-17(12-14)19(27)23-18(16)26/h1,3-6,11-12H,2,7-10H2,(H,23,26,27). The molecule has 2 aromatic rings. The smallest absolute Gasteiger partial charge is 0.258 e. The van der Waals surface area contributed by atoms with Crippen molar-refractivity contribution in [3.63, 3.8) is 0 Å². The summed E-state index contributed by atoms with van der Waals surface area (Å²) in [4.78, 5) is 52.6. The highest BCUT2D eigenvalue weighted by Gasteiger charge is 2.29. The topological polar surface area (TPSA) is 86.8 Å². The SMILES string of the molecule is O=C1NC(=O)c2cc(C(=O)N3CCCN(C(=O)c4cccc(Cl)c4)CC3)ccc21. The van der Waals surface area contributed by atoms with Crippen LogP contribution in [0.1, 0.15) is 47.9 Å². The van der Waals surface area contributed by atoms with E-state index in [1.165, 1.54) is 12.1 Å². The Morgan fingerprint density at radius 1 is 0.793 bits per heavy atom. The largest absolute Gasteiger partial charge is 0.337 e. The molecule has 0 radical (unpaired) electrons. The number of imide groups is 1. The van der Waals surface area contributed by atoms with Crippen LogP contribution in [-0.4, -0.2) is 59.6 Å². The van der Waals surface area contributed by atoms with Crippen LogP contribution in [0.15, 0.2) is 42.5 Å². The number of hydrogen-bond acceptors (Lipinski definition) is 4. The van der Waals surface area contributed by atoms with Gasteiger partial charge in [-0.1, -0.05) is 17.7 Å². The molecule has 148 valence electrons. The maximum Gasteiger partial charge on any atom is 0.258 e. The van der Waals surface area contributed by atoms with E-state index < -0.39 is 11.8 Å². The third kappa shape index (κ3) is 3.73. The average Bonchev–Trinajstić information content (AvgIpc) is 2.89. The summed E-state index contributed by atoms with van der Waals surface area (Å²) in [5.41, 5.74) is 1.36. The van der Waals surface area contributed by atoms with Gasteiger partial charge in [0.05, 0.1) is 11.1 Å². The van der Waals surface area contributed by atoms with Gasteiger partial charge in [-0.15, -0.1) is 0 Å². The molecule has 1 N–H and O–H groups in total. The van der Waals surface area contributed by atoms with Gasteiger partial charge in [0, 0.05) is 42.3 Å². The van der Waals surface area contributed by atoms with Crippen molar-refractivity contribution in [3.05, 3.63) is 69.7 Å². The van der Waals surface area contributed by atoms with Gasteiger partial charge in [-0.25, -0.2) is 0 Å². The maximum atomic E-state index is 12.9. The van der Waals surface area contributed by atoms with Gasteiger partial charge < -0.3 is 9.80 Å². The van der Waals surface area contributed by atoms with Gasteiger partial charge >= 0.3 is 0 Å². The Kier molecular flexibility index (Phi) is 5.07. The second-order valence-corrected chi connectivity index (χ2v) is 7.43. The van der Waals surface area contributed by atoms with Gasteiger partial charge in [0.25, 0.3) is 23.6 Å². The van der Waals surface area contributed by atoms with Gasteiger partial charge in [-0.3, -0.25) is 24.5 Å². The molecule has 7 nitrogen and oxygen atoms in total. The molecule has 2 aromatic carbocycles. The molecule has 0 aromatic heterocycles. The number of fused-ring (bicyclic) bond motifs is 1. The summed E-state index contributed by atoms with van der Waals surface area (Å²) in [6.07, 6.45) is 0.641. The van der Waals surface area contributed by atoms with E-state index in [0.29, 0.717) is 48.7 Å². The van der Waals surface area contributed by atoms with Crippen LogP contribution in [0.4, 0.5) is 0 Å². The number of carbonyl (C=O) groups is 4. The van der Waals surface area contributed by atoms with Crippen LogP contribution in [0.5, 0.6) is 0 Å². The molecule has 0 atom stereocenters. The van der Waals surface area contributed by atoms with Crippen LogP contribution >= 0.6 is 11.6 Å². The molecule has 4 rings (SSSR count). The molecular formula is C21H18ClN3O4. The molecule has 2 aliphatic rings. The minimum atomic E-state index is -0.492. The highest BCUT2D eigenvalue weighted by atomic mass is 35.5. The zero-order valence-electron chi connectivity index (χ0n) is 15.5. The summed E-state index contributed by atoms with van der Waals surface area (Å²) in [7, 11) is 0. The number of benzene rings is 2. The number of amides is 4. The van der Waals surface area contributed by atoms with Crippen molar-refractivity contribution in [1.82, 2.24) is 15.1 Å². The summed E-state index contributed by atoms with van der Waals surface area (Å²) in [6, 6.07) is 11.3. The van der Waals surface area contributed by atoms with Crippen LogP contribution in [-0.2, 0) is 0 Å². The van der Waals surface area contributed by atoms with Crippen molar-refractivity contribution in [1.29, 1.82) is 0 Å². The number of rotatable bonds is 2. The second kappa shape index (κ2) is 7.67. The lowest BCUT2D eigenvalue weighted by atomic mass is 10.0. The predicted molar refractivity (Wildman–Crippen MR) is 106 cm³/mol. The monoisotopic (exact) mass is 411 g/mol. The quantitative estimate of drug-likeness (QED) is 0.767. The Morgan fingerprint density at radius 3 is 2.07 bits per heavy atom. The molecule has 0 aliphatic carbocycles. The summed E-state index contributed by atoms with van der Waals surface area (Å²) in [5.74, 6) is -1.28. The summed E-state index contributed by atoms with van der Waals surface area (Å²) in [6.45, 7) is 1.82. The molecule has 2 heterocycles. The molecular weight excluding hydrogens is 394 g/mol. The van der Waals surface area contributed by atoms with E-state index in [1.807, 2.05) is 0 Å². The van der Waals surface area contributed by atoms with Gasteiger partial charge in [0.1, 0.15) is 0 Å². The Hall–Kier alpha value is -3.19. The van der Waals surface area contributed by atoms with Gasteiger partial charge in [0.2, 0.25) is 0 Å². The first kappa shape index (κ1) is 19.1. The van der Waals surface area contributed by atoms with Crippen LogP contribution in [0.2, 0.25) is 5.02 Å². The molecule has 2 aliphatic heterocycles. The minimum absolute atomic E-state index is 0.116. The summed E-state index contributed by atoms with van der Waals surface area (Å²) in [5, 5.41) is 2.72. The van der Waals surface area contributed by atoms with Crippen molar-refractivity contribution >= 4 is 35.2 Å². The van der Waals surface area contributed by atoms with Crippen LogP contribution < -0.4 is 5.32 Å². The third-order valence-corrected chi connectivity index (χ3v) is 5.36. The van der Waals surface area contributed by atoms with Gasteiger partial charge in [-0.05, 0) is 42.8 Å². The van der Waals surface area contributed by atoms with Gasteiger partial charge in [-0.2, -0.15) is 0 Å². The van der Waals surface area contributed by atoms with Crippen molar-refractivity contribution in [2.75, 3.05) is 26.2 Å². The number of carbonyl (C=O) groups excluding carboxylic acids is 4. The fraction of sp³-hybridized carbons (Fsp3) is 0.238. The number of hydrogen-bond donors (Lipinski definition) is 1. The highest BCUT2D eigenvalue weighted by Crippen LogP contribution is 2.20. The molecule has 8 heteroatoms. The van der Waals surface area contributed by atoms with E-state index in [0.717, 1.165) is 0 Å². The second-order valence-electron chi connectivity index (χ2n) is 6.99. The van der Waals surface area contributed by atoms with E-state index in [1.54, 1.807) is 40.1 Å². The van der Waals surface area contributed by atoms with E-state index in [4.69, 9.17) is 11.6 Å². The summed E-state index contributed by atoms with van der Waals surface area (Å²) >= 11 is 5.98. The molecule has 1 fully saturated rings. The van der Waals surface area contributed by atoms with Gasteiger partial charge in [0.15, 0.2) is 0 Å². The number of nitrogens with zero attached hydrogens (tertiary/aromatic N) is 2. The van der Waals surface area contributed by atoms with Crippen LogP contribution in [0.3, 0.4) is 0 Å². The predicted octanol–water partition coefficient (Wildman–Crippen LogP) is 2.21. The van der Waals surface area contributed by atoms with E-state index >= 15 is 0 Å². The van der Waals surface area contributed by atoms with E-state index in [9.17, 15) is 19.2 Å². The molecule has 1 saturated heterocycles. The minimum Gasteiger partial charge on any atom is -0.337 e. The summed E-state index contributed by atoms with van der Waals surface area (Å²) < 4.78 is 0. The van der Waals surface area contributed by atoms with Crippen molar-refractivity contribution < 1.29 is 19.2 Å². The first-order valence-corrected chi connectivity index (χ1v) is 9.65. The fourth-order valence-electron chi connectivity index (χ4n) is 3.61. The van der Waals surface area contributed by atoms with Crippen molar-refractivity contribution in [2.24, 2.45) is 0 Å². The lowest BCUT2D eigenvalue weighted by Crippen LogP contribution is -2.37. The Labute approximate surface area is 172 Å². The number of halogens is 1. The zero-order chi connectivity index (χ0) is 20.5. The van der Waals surface area contributed by atoms with Crippen molar-refractivity contribution in [3.8, 4) is 0 Å². The van der Waals surface area contributed by atoms with Crippen LogP contribution in [0.25, 0.3) is 0 Å². The lowest BCUT2D eigenvalue weighted by Gasteiger charge is -2.22. The molecule has 0 saturated carbocycles. The molecule has 0 unspecified atom stereocenters. The molecule has 0 bridgehead atoms. The van der Waals surface area contributed by atoms with Crippen molar-refractivity contribution in [2.45, 2.75) is 6.42 Å². The normalized spacial score (nSPS) is 16.3. The number of nitrogens with one attached hydrogen (secondary N) is 1. The van der Waals surface area contributed by atoms with E-state index in [-0.39, 0.29) is 22.9 Å². The zero-order valence-corrected chi connectivity index (χ0v) is 16.2. The first-order chi connectivity index (χ1) is 13.9. The van der Waals surface area contributed by atoms with E-state index in [2.05, 4.69) is 5.32 Å². The fourth-order valence-corrected chi connectivity index (χ4v) is 3.80.